The second-order valence-electron chi connectivity index (χ2n) is 3.98. The lowest BCUT2D eigenvalue weighted by Gasteiger charge is -2.01. The number of carbonyl (C=O) groups is 1. The van der Waals surface area contributed by atoms with Gasteiger partial charge >= 0.3 is 0 Å². The molecule has 0 amide bonds. The Bertz CT molecular complexity index is 651. The number of nitrogens with one attached hydrogen (secondary N) is 1. The lowest BCUT2D eigenvalue weighted by atomic mass is 10.1. The van der Waals surface area contributed by atoms with E-state index in [9.17, 15) is 18.0 Å². The highest BCUT2D eigenvalue weighted by atomic mass is 19.2. The van der Waals surface area contributed by atoms with Crippen LogP contribution in [0.3, 0.4) is 0 Å². The molecule has 1 N–H and O–H groups in total. The van der Waals surface area contributed by atoms with Gasteiger partial charge in [0.15, 0.2) is 17.4 Å². The van der Waals surface area contributed by atoms with E-state index in [0.29, 0.717) is 11.3 Å². The number of hydrogen-bond donors (Lipinski definition) is 1. The quantitative estimate of drug-likeness (QED) is 0.678. The van der Waals surface area contributed by atoms with E-state index in [1.165, 1.54) is 42.6 Å². The Morgan fingerprint density at radius 2 is 1.65 bits per heavy atom. The van der Waals surface area contributed by atoms with Gasteiger partial charge in [0.25, 0.3) is 0 Å². The van der Waals surface area contributed by atoms with E-state index in [0.717, 1.165) is 12.1 Å². The molecule has 0 heterocycles. The van der Waals surface area contributed by atoms with Gasteiger partial charge in [-0.2, -0.15) is 0 Å². The molecule has 5 heteroatoms. The van der Waals surface area contributed by atoms with E-state index in [-0.39, 0.29) is 5.78 Å². The van der Waals surface area contributed by atoms with Crippen LogP contribution in [-0.4, -0.2) is 5.78 Å². The number of halogens is 3. The maximum Gasteiger partial charge on any atom is 0.187 e. The summed E-state index contributed by atoms with van der Waals surface area (Å²) in [6, 6.07) is 8.38. The summed E-state index contributed by atoms with van der Waals surface area (Å²) >= 11 is 0. The van der Waals surface area contributed by atoms with Crippen LogP contribution in [0.5, 0.6) is 0 Å². The van der Waals surface area contributed by atoms with Gasteiger partial charge in [0.05, 0.1) is 0 Å². The Labute approximate surface area is 113 Å². The van der Waals surface area contributed by atoms with Crippen molar-refractivity contribution in [1.29, 1.82) is 0 Å². The molecule has 2 aromatic rings. The summed E-state index contributed by atoms with van der Waals surface area (Å²) in [6.07, 6.45) is 2.52. The number of ketones is 1. The van der Waals surface area contributed by atoms with Gasteiger partial charge in [-0.3, -0.25) is 4.79 Å². The zero-order chi connectivity index (χ0) is 14.5. The largest absolute Gasteiger partial charge is 0.361 e. The van der Waals surface area contributed by atoms with Gasteiger partial charge < -0.3 is 5.32 Å². The molecule has 20 heavy (non-hydrogen) atoms. The fourth-order valence-electron chi connectivity index (χ4n) is 1.51. The summed E-state index contributed by atoms with van der Waals surface area (Å²) in [7, 11) is 0. The molecule has 0 fully saturated rings. The molecular weight excluding hydrogens is 267 g/mol. The van der Waals surface area contributed by atoms with Gasteiger partial charge in [-0.1, -0.05) is 0 Å². The van der Waals surface area contributed by atoms with Crippen molar-refractivity contribution in [3.05, 3.63) is 77.8 Å². The molecule has 0 aliphatic carbocycles. The van der Waals surface area contributed by atoms with Crippen LogP contribution in [0.2, 0.25) is 0 Å². The molecule has 0 unspecified atom stereocenters. The fraction of sp³-hybridized carbons (Fsp3) is 0. The van der Waals surface area contributed by atoms with Gasteiger partial charge in [0.1, 0.15) is 5.82 Å². The fourth-order valence-corrected chi connectivity index (χ4v) is 1.51. The van der Waals surface area contributed by atoms with Crippen LogP contribution in [0.4, 0.5) is 18.9 Å². The van der Waals surface area contributed by atoms with Crippen molar-refractivity contribution in [2.75, 3.05) is 5.32 Å². The molecule has 0 saturated carbocycles. The van der Waals surface area contributed by atoms with Crippen LogP contribution >= 0.6 is 0 Å². The van der Waals surface area contributed by atoms with Crippen LogP contribution in [0.25, 0.3) is 0 Å². The molecule has 0 aromatic heterocycles. The summed E-state index contributed by atoms with van der Waals surface area (Å²) in [5.41, 5.74) is 0.641. The van der Waals surface area contributed by atoms with Gasteiger partial charge in [-0.25, -0.2) is 13.2 Å². The minimum atomic E-state index is -0.978. The van der Waals surface area contributed by atoms with Gasteiger partial charge in [-0.15, -0.1) is 0 Å². The van der Waals surface area contributed by atoms with E-state index in [4.69, 9.17) is 0 Å². The minimum Gasteiger partial charge on any atom is -0.361 e. The molecule has 0 radical (unpaired) electrons. The second-order valence-corrected chi connectivity index (χ2v) is 3.98. The summed E-state index contributed by atoms with van der Waals surface area (Å²) < 4.78 is 38.3. The first-order valence-corrected chi connectivity index (χ1v) is 5.74. The number of anilines is 1. The summed E-state index contributed by atoms with van der Waals surface area (Å²) in [5.74, 6) is -2.68. The number of rotatable bonds is 4. The van der Waals surface area contributed by atoms with Crippen LogP contribution in [-0.2, 0) is 0 Å². The van der Waals surface area contributed by atoms with E-state index in [1.54, 1.807) is 0 Å². The zero-order valence-electron chi connectivity index (χ0n) is 10.2. The summed E-state index contributed by atoms with van der Waals surface area (Å²) in [5, 5.41) is 2.64. The molecule has 2 aromatic carbocycles. The predicted octanol–water partition coefficient (Wildman–Crippen LogP) is 3.91. The van der Waals surface area contributed by atoms with E-state index in [1.807, 2.05) is 0 Å². The van der Waals surface area contributed by atoms with Crippen molar-refractivity contribution in [2.24, 2.45) is 0 Å². The topological polar surface area (TPSA) is 29.1 Å². The van der Waals surface area contributed by atoms with Crippen LogP contribution < -0.4 is 5.32 Å². The minimum absolute atomic E-state index is 0.312. The highest BCUT2D eigenvalue weighted by Gasteiger charge is 2.02. The Hall–Kier alpha value is -2.56. The third-order valence-corrected chi connectivity index (χ3v) is 2.53. The maximum absolute atomic E-state index is 12.9. The Morgan fingerprint density at radius 1 is 0.950 bits per heavy atom. The first-order valence-electron chi connectivity index (χ1n) is 5.74. The van der Waals surface area contributed by atoms with Crippen molar-refractivity contribution in [2.45, 2.75) is 0 Å². The Balaban J connectivity index is 2.00. The highest BCUT2D eigenvalue weighted by molar-refractivity contribution is 6.04. The second kappa shape index (κ2) is 6.06. The Morgan fingerprint density at radius 3 is 2.30 bits per heavy atom. The lowest BCUT2D eigenvalue weighted by Crippen LogP contribution is -1.97. The van der Waals surface area contributed by atoms with Crippen molar-refractivity contribution in [3.8, 4) is 0 Å². The molecule has 0 atom stereocenters. The molecule has 0 bridgehead atoms. The highest BCUT2D eigenvalue weighted by Crippen LogP contribution is 2.13. The van der Waals surface area contributed by atoms with Gasteiger partial charge in [0.2, 0.25) is 0 Å². The Kier molecular flexibility index (Phi) is 4.20. The maximum atomic E-state index is 12.9. The summed E-state index contributed by atoms with van der Waals surface area (Å²) in [6.45, 7) is 0. The van der Waals surface area contributed by atoms with E-state index in [2.05, 4.69) is 5.32 Å². The summed E-state index contributed by atoms with van der Waals surface area (Å²) in [4.78, 5) is 11.7. The average molecular weight is 277 g/mol. The number of hydrogen-bond acceptors (Lipinski definition) is 2. The first-order chi connectivity index (χ1) is 9.56. The molecule has 0 spiro atoms. The predicted molar refractivity (Wildman–Crippen MR) is 69.9 cm³/mol. The van der Waals surface area contributed by atoms with Crippen molar-refractivity contribution in [1.82, 2.24) is 0 Å². The van der Waals surface area contributed by atoms with Crippen molar-refractivity contribution < 1.29 is 18.0 Å². The van der Waals surface area contributed by atoms with Gasteiger partial charge in [-0.05, 0) is 36.4 Å². The molecule has 102 valence electrons. The van der Waals surface area contributed by atoms with Crippen LogP contribution in [0, 0.1) is 17.5 Å². The first kappa shape index (κ1) is 13.9. The molecule has 0 saturated heterocycles. The molecule has 2 nitrogen and oxygen atoms in total. The van der Waals surface area contributed by atoms with E-state index >= 15 is 0 Å². The van der Waals surface area contributed by atoms with Crippen molar-refractivity contribution in [3.63, 3.8) is 0 Å². The third kappa shape index (κ3) is 3.47. The number of carbonyl (C=O) groups excluding carboxylic acids is 1. The molecule has 0 aliphatic heterocycles. The number of allylic oxidation sites excluding steroid dienone is 1. The standard InChI is InChI=1S/C15H10F3NO/c16-11-3-1-10(2-4-11)15(20)7-8-19-12-5-6-13(17)14(18)9-12/h1-9,19H. The SMILES string of the molecule is O=C(C=CNc1ccc(F)c(F)c1)c1ccc(F)cc1. The average Bonchev–Trinajstić information content (AvgIpc) is 2.43. The molecule has 0 aliphatic rings. The monoisotopic (exact) mass is 277 g/mol. The van der Waals surface area contributed by atoms with Crippen molar-refractivity contribution >= 4 is 11.5 Å². The third-order valence-electron chi connectivity index (χ3n) is 2.53. The lowest BCUT2D eigenvalue weighted by molar-refractivity contribution is 0.104. The van der Waals surface area contributed by atoms with Crippen LogP contribution in [0.1, 0.15) is 10.4 Å². The molecule has 2 rings (SSSR count). The van der Waals surface area contributed by atoms with Crippen LogP contribution in [0.15, 0.2) is 54.7 Å². The van der Waals surface area contributed by atoms with Gasteiger partial charge in [0, 0.05) is 29.6 Å². The zero-order valence-corrected chi connectivity index (χ0v) is 10.2. The normalized spacial score (nSPS) is 10.8. The molecular formula is C15H10F3NO. The van der Waals surface area contributed by atoms with E-state index < -0.39 is 17.5 Å². The number of benzene rings is 2. The smallest absolute Gasteiger partial charge is 0.187 e.